The molecule has 0 saturated heterocycles. The monoisotopic (exact) mass is 380 g/mol. The maximum atomic E-state index is 3.19. The van der Waals surface area contributed by atoms with Crippen LogP contribution in [0.15, 0.2) is 35.5 Å². The van der Waals surface area contributed by atoms with E-state index in [-0.39, 0.29) is 39.7 Å². The second-order valence-electron chi connectivity index (χ2n) is 3.03. The van der Waals surface area contributed by atoms with Gasteiger partial charge in [-0.05, 0) is 0 Å². The Bertz CT molecular complexity index is 272. The normalized spacial score (nSPS) is 12.5. The van der Waals surface area contributed by atoms with Crippen molar-refractivity contribution in [3.63, 3.8) is 0 Å². The van der Waals surface area contributed by atoms with Crippen LogP contribution in [0.4, 0.5) is 0 Å². The van der Waals surface area contributed by atoms with Crippen molar-refractivity contribution in [2.75, 3.05) is 0 Å². The first-order valence-corrected chi connectivity index (χ1v) is 10.5. The van der Waals surface area contributed by atoms with Crippen LogP contribution in [0.5, 0.6) is 0 Å². The summed E-state index contributed by atoms with van der Waals surface area (Å²) in [7, 11) is 0. The molecule has 0 atom stereocenters. The van der Waals surface area contributed by atoms with Gasteiger partial charge in [0.1, 0.15) is 0 Å². The van der Waals surface area contributed by atoms with Crippen molar-refractivity contribution in [2.24, 2.45) is 0 Å². The second kappa shape index (κ2) is 22.8. The van der Waals surface area contributed by atoms with E-state index >= 15 is 0 Å². The van der Waals surface area contributed by atoms with Crippen LogP contribution in [0.3, 0.4) is 0 Å². The van der Waals surface area contributed by atoms with Gasteiger partial charge in [-0.3, -0.25) is 12.2 Å². The first-order chi connectivity index (χ1) is 6.79. The van der Waals surface area contributed by atoms with Gasteiger partial charge in [0.25, 0.3) is 0 Å². The molecule has 0 nitrogen and oxygen atoms in total. The fourth-order valence-electron chi connectivity index (χ4n) is 1.09. The van der Waals surface area contributed by atoms with Crippen molar-refractivity contribution >= 4 is 31.7 Å². The Morgan fingerprint density at radius 3 is 1.83 bits per heavy atom. The molecule has 18 heavy (non-hydrogen) atoms. The summed E-state index contributed by atoms with van der Waals surface area (Å²) in [5.41, 5.74) is 2.72. The van der Waals surface area contributed by atoms with E-state index in [9.17, 15) is 0 Å². The number of hydrogen-bond acceptors (Lipinski definition) is 0. The van der Waals surface area contributed by atoms with Crippen molar-refractivity contribution in [2.45, 2.75) is 26.7 Å². The van der Waals surface area contributed by atoms with Gasteiger partial charge in [0.2, 0.25) is 0 Å². The standard InChI is InChI=1S/C7H9.C5H5.2CH3.2ClH.H2Si.Zr/c1-6-3-4-7(2)5-6;1-2-4-5-3-1;;;;;;/h5H,3H2,1-2H3;1-3H,4H2;2*1H3;2*1H;1H2;/q4*-1;;;;. The molecule has 4 heteroatoms. The molecule has 0 fully saturated rings. The van der Waals surface area contributed by atoms with Gasteiger partial charge in [0, 0.05) is 0 Å². The van der Waals surface area contributed by atoms with Crippen molar-refractivity contribution in [3.05, 3.63) is 62.5 Å². The fourth-order valence-corrected chi connectivity index (χ4v) is 1.09. The molecule has 0 aliphatic heterocycles. The SMILES string of the molecule is CC1=[C-]CC(C)=C1.Cl.Cl.[C-]1=CC=CC1.[CH3-].[CH3-].[SiH2]=[Zr]. The molecule has 2 aliphatic rings. The Morgan fingerprint density at radius 2 is 1.72 bits per heavy atom. The van der Waals surface area contributed by atoms with Crippen molar-refractivity contribution in [1.82, 2.24) is 0 Å². The number of hydrogen-bond donors (Lipinski definition) is 0. The van der Waals surface area contributed by atoms with E-state index in [2.05, 4.69) is 38.2 Å². The minimum absolute atomic E-state index is 0. The average Bonchev–Trinajstić information content (AvgIpc) is 2.84. The summed E-state index contributed by atoms with van der Waals surface area (Å²) < 4.78 is 0. The molecular weight excluding hydrogens is 358 g/mol. The average molecular weight is 383 g/mol. The summed E-state index contributed by atoms with van der Waals surface area (Å²) in [6.07, 6.45) is 16.4. The Labute approximate surface area is 143 Å². The van der Waals surface area contributed by atoms with E-state index in [0.717, 1.165) is 12.8 Å². The van der Waals surface area contributed by atoms with E-state index in [1.807, 2.05) is 19.0 Å². The molecule has 2 aliphatic carbocycles. The van der Waals surface area contributed by atoms with Crippen molar-refractivity contribution < 1.29 is 23.3 Å². The first-order valence-electron chi connectivity index (χ1n) is 4.61. The third-order valence-electron chi connectivity index (χ3n) is 1.69. The molecule has 0 aromatic carbocycles. The van der Waals surface area contributed by atoms with Gasteiger partial charge in [-0.1, -0.05) is 13.8 Å². The summed E-state index contributed by atoms with van der Waals surface area (Å²) in [5, 5.41) is 0. The summed E-state index contributed by atoms with van der Waals surface area (Å²) >= 11 is 1.58. The quantitative estimate of drug-likeness (QED) is 0.435. The van der Waals surface area contributed by atoms with Gasteiger partial charge >= 0.3 is 30.2 Å². The van der Waals surface area contributed by atoms with Crippen molar-refractivity contribution in [1.29, 1.82) is 0 Å². The van der Waals surface area contributed by atoms with E-state index < -0.39 is 0 Å². The molecule has 0 aromatic rings. The molecule has 0 radical (unpaired) electrons. The molecule has 0 N–H and O–H groups in total. The van der Waals surface area contributed by atoms with Crippen LogP contribution in [0.2, 0.25) is 0 Å². The van der Waals surface area contributed by atoms with Crippen LogP contribution >= 0.6 is 24.8 Å². The summed E-state index contributed by atoms with van der Waals surface area (Å²) in [6, 6.07) is 0. The fraction of sp³-hybridized carbons (Fsp3) is 0.286. The predicted octanol–water partition coefficient (Wildman–Crippen LogP) is 4.22. The van der Waals surface area contributed by atoms with Crippen LogP contribution in [0.25, 0.3) is 0 Å². The van der Waals surface area contributed by atoms with Gasteiger partial charge in [-0.25, -0.2) is 23.8 Å². The molecule has 0 aromatic heterocycles. The molecule has 0 unspecified atom stereocenters. The molecule has 106 valence electrons. The van der Waals surface area contributed by atoms with E-state index in [0.29, 0.717) is 0 Å². The van der Waals surface area contributed by atoms with Gasteiger partial charge < -0.3 is 14.9 Å². The second-order valence-corrected chi connectivity index (χ2v) is 3.03. The zero-order valence-corrected chi connectivity index (χ0v) is 17.3. The van der Waals surface area contributed by atoms with Gasteiger partial charge in [-0.15, -0.1) is 37.7 Å². The van der Waals surface area contributed by atoms with Gasteiger partial charge in [0.05, 0.1) is 0 Å². The van der Waals surface area contributed by atoms with E-state index in [1.165, 1.54) is 11.1 Å². The van der Waals surface area contributed by atoms with Crippen LogP contribution in [0, 0.1) is 27.0 Å². The van der Waals surface area contributed by atoms with Crippen LogP contribution in [0.1, 0.15) is 26.7 Å². The molecule has 0 amide bonds. The Hall–Kier alpha value is 0.640. The molecule has 0 spiro atoms. The maximum absolute atomic E-state index is 3.19. The molecule has 0 saturated carbocycles. The van der Waals surface area contributed by atoms with Crippen molar-refractivity contribution in [3.8, 4) is 0 Å². The number of allylic oxidation sites excluding steroid dienone is 8. The van der Waals surface area contributed by atoms with Crippen LogP contribution in [-0.4, -0.2) is 6.88 Å². The molecule has 0 heterocycles. The minimum atomic E-state index is 0. The van der Waals surface area contributed by atoms with Gasteiger partial charge in [-0.2, -0.15) is 11.6 Å². The van der Waals surface area contributed by atoms with Gasteiger partial charge in [0.15, 0.2) is 0 Å². The third kappa shape index (κ3) is 19.0. The predicted molar refractivity (Wildman–Crippen MR) is 88.2 cm³/mol. The van der Waals surface area contributed by atoms with Crippen LogP contribution in [-0.2, 0) is 23.3 Å². The molecule has 0 bridgehead atoms. The molecular formula is C14H24Cl2SiZr-4. The Morgan fingerprint density at radius 1 is 1.17 bits per heavy atom. The Kier molecular flexibility index (Phi) is 39.5. The zero-order valence-electron chi connectivity index (χ0n) is 11.7. The van der Waals surface area contributed by atoms with E-state index in [1.54, 1.807) is 23.3 Å². The first kappa shape index (κ1) is 31.2. The Balaban J connectivity index is -0.0000000470. The summed E-state index contributed by atoms with van der Waals surface area (Å²) in [4.78, 5) is 0. The molecule has 2 rings (SSSR count). The van der Waals surface area contributed by atoms with E-state index in [4.69, 9.17) is 0 Å². The topological polar surface area (TPSA) is 0 Å². The number of halogens is 2. The number of rotatable bonds is 0. The summed E-state index contributed by atoms with van der Waals surface area (Å²) in [6.45, 7) is 6.16. The zero-order chi connectivity index (χ0) is 10.8. The summed E-state index contributed by atoms with van der Waals surface area (Å²) in [5.74, 6) is 0. The third-order valence-corrected chi connectivity index (χ3v) is 1.69. The van der Waals surface area contributed by atoms with Crippen LogP contribution < -0.4 is 0 Å².